The number of methoxy groups -OCH3 is 1. The van der Waals surface area contributed by atoms with Crippen molar-refractivity contribution in [3.8, 4) is 0 Å². The lowest BCUT2D eigenvalue weighted by molar-refractivity contribution is 0.0483. The summed E-state index contributed by atoms with van der Waals surface area (Å²) in [6.45, 7) is 0. The first-order chi connectivity index (χ1) is 11.4. The van der Waals surface area contributed by atoms with Crippen LogP contribution in [0.1, 0.15) is 57.8 Å². The zero-order chi connectivity index (χ0) is 16.9. The normalized spacial score (nSPS) is 41.5. The van der Waals surface area contributed by atoms with Crippen molar-refractivity contribution in [2.45, 2.75) is 63.9 Å². The van der Waals surface area contributed by atoms with Gasteiger partial charge in [-0.2, -0.15) is 0 Å². The molecule has 0 radical (unpaired) electrons. The molecule has 5 aliphatic carbocycles. The maximum absolute atomic E-state index is 11.2. The molecular weight excluding hydrogens is 327 g/mol. The fourth-order valence-electron chi connectivity index (χ4n) is 6.29. The van der Waals surface area contributed by atoms with Gasteiger partial charge in [-0.1, -0.05) is 6.42 Å². The van der Waals surface area contributed by atoms with Crippen LogP contribution in [0.25, 0.3) is 0 Å². The van der Waals surface area contributed by atoms with Crippen molar-refractivity contribution in [1.82, 2.24) is 0 Å². The molecule has 0 aromatic heterocycles. The van der Waals surface area contributed by atoms with Crippen LogP contribution >= 0.6 is 7.82 Å². The lowest BCUT2D eigenvalue weighted by Gasteiger charge is -2.52. The molecule has 0 heterocycles. The largest absolute Gasteiger partial charge is 0.501 e. The minimum atomic E-state index is -4.41. The quantitative estimate of drug-likeness (QED) is 0.588. The highest BCUT2D eigenvalue weighted by molar-refractivity contribution is 7.46. The number of ether oxygens (including phenoxy) is 1. The van der Waals surface area contributed by atoms with Crippen LogP contribution in [0.3, 0.4) is 0 Å². The fourth-order valence-corrected chi connectivity index (χ4v) is 6.87. The predicted octanol–water partition coefficient (Wildman–Crippen LogP) is 4.01. The van der Waals surface area contributed by atoms with Crippen molar-refractivity contribution in [2.75, 3.05) is 7.11 Å². The lowest BCUT2D eigenvalue weighted by atomic mass is 9.53. The predicted molar refractivity (Wildman–Crippen MR) is 90.0 cm³/mol. The third-order valence-corrected chi connectivity index (χ3v) is 7.38. The van der Waals surface area contributed by atoms with Gasteiger partial charge in [0.1, 0.15) is 0 Å². The van der Waals surface area contributed by atoms with Crippen molar-refractivity contribution in [3.63, 3.8) is 0 Å². The van der Waals surface area contributed by atoms with E-state index in [0.29, 0.717) is 18.3 Å². The Hall–Kier alpha value is -0.350. The van der Waals surface area contributed by atoms with Gasteiger partial charge in [-0.15, -0.1) is 0 Å². The van der Waals surface area contributed by atoms with E-state index in [0.717, 1.165) is 36.9 Å². The zero-order valence-electron chi connectivity index (χ0n) is 14.4. The smallest absolute Gasteiger partial charge is 0.469 e. The van der Waals surface area contributed by atoms with Crippen molar-refractivity contribution < 1.29 is 23.6 Å². The van der Waals surface area contributed by atoms with E-state index in [1.54, 1.807) is 12.7 Å². The van der Waals surface area contributed by atoms with Gasteiger partial charge in [0.2, 0.25) is 0 Å². The molecule has 136 valence electrons. The van der Waals surface area contributed by atoms with E-state index in [-0.39, 0.29) is 12.0 Å². The molecule has 24 heavy (non-hydrogen) atoms. The highest BCUT2D eigenvalue weighted by Gasteiger charge is 2.47. The SMILES string of the molecule is COC(=C1C2CC3CC(C2)CC1C3)C1CCCC(OP(=O)(O)O)C1. The van der Waals surface area contributed by atoms with Gasteiger partial charge in [-0.25, -0.2) is 4.57 Å². The molecular formula is C18H29O5P. The van der Waals surface area contributed by atoms with Gasteiger partial charge in [0, 0.05) is 5.92 Å². The van der Waals surface area contributed by atoms with Crippen LogP contribution in [0, 0.1) is 29.6 Å². The first-order valence-corrected chi connectivity index (χ1v) is 11.0. The van der Waals surface area contributed by atoms with Gasteiger partial charge in [-0.05, 0) is 80.6 Å². The Morgan fingerprint density at radius 2 is 1.62 bits per heavy atom. The summed E-state index contributed by atoms with van der Waals surface area (Å²) < 4.78 is 22.1. The molecule has 2 N–H and O–H groups in total. The van der Waals surface area contributed by atoms with Crippen molar-refractivity contribution in [2.24, 2.45) is 29.6 Å². The van der Waals surface area contributed by atoms with Crippen LogP contribution in [0.4, 0.5) is 0 Å². The van der Waals surface area contributed by atoms with E-state index in [4.69, 9.17) is 19.0 Å². The van der Waals surface area contributed by atoms with E-state index in [1.165, 1.54) is 32.1 Å². The summed E-state index contributed by atoms with van der Waals surface area (Å²) >= 11 is 0. The topological polar surface area (TPSA) is 76.0 Å². The number of phosphoric ester groups is 1. The molecule has 0 spiro atoms. The van der Waals surface area contributed by atoms with Crippen LogP contribution in [-0.4, -0.2) is 23.0 Å². The molecule has 5 aliphatic rings. The highest BCUT2D eigenvalue weighted by Crippen LogP contribution is 2.58. The summed E-state index contributed by atoms with van der Waals surface area (Å²) in [5.74, 6) is 4.63. The summed E-state index contributed by atoms with van der Waals surface area (Å²) in [4.78, 5) is 18.2. The summed E-state index contributed by atoms with van der Waals surface area (Å²) in [5, 5.41) is 0. The Bertz CT molecular complexity index is 536. The molecule has 0 aromatic rings. The second-order valence-electron chi connectivity index (χ2n) is 8.41. The molecule has 0 amide bonds. The number of hydrogen-bond acceptors (Lipinski definition) is 3. The number of allylic oxidation sites excluding steroid dienone is 2. The van der Waals surface area contributed by atoms with Gasteiger partial charge in [0.05, 0.1) is 19.0 Å². The maximum atomic E-state index is 11.2. The monoisotopic (exact) mass is 356 g/mol. The molecule has 0 aromatic carbocycles. The van der Waals surface area contributed by atoms with E-state index < -0.39 is 7.82 Å². The Kier molecular flexibility index (Phi) is 4.57. The molecule has 0 saturated heterocycles. The van der Waals surface area contributed by atoms with Crippen molar-refractivity contribution in [3.05, 3.63) is 11.3 Å². The maximum Gasteiger partial charge on any atom is 0.469 e. The number of phosphoric acid groups is 1. The lowest BCUT2D eigenvalue weighted by Crippen LogP contribution is -2.41. The van der Waals surface area contributed by atoms with E-state index >= 15 is 0 Å². The molecule has 6 heteroatoms. The first kappa shape index (κ1) is 17.1. The molecule has 0 aliphatic heterocycles. The number of rotatable bonds is 4. The fraction of sp³-hybridized carbons (Fsp3) is 0.889. The van der Waals surface area contributed by atoms with Gasteiger partial charge in [-0.3, -0.25) is 4.52 Å². The van der Waals surface area contributed by atoms with Crippen LogP contribution in [-0.2, 0) is 13.8 Å². The van der Waals surface area contributed by atoms with Crippen LogP contribution in [0.15, 0.2) is 11.3 Å². The minimum absolute atomic E-state index is 0.257. The molecule has 5 rings (SSSR count). The van der Waals surface area contributed by atoms with Gasteiger partial charge in [0.15, 0.2) is 0 Å². The third kappa shape index (κ3) is 3.33. The minimum Gasteiger partial charge on any atom is -0.501 e. The average molecular weight is 356 g/mol. The summed E-state index contributed by atoms with van der Waals surface area (Å²) in [6, 6.07) is 0. The molecule has 5 saturated carbocycles. The van der Waals surface area contributed by atoms with E-state index in [9.17, 15) is 4.57 Å². The molecule has 2 unspecified atom stereocenters. The average Bonchev–Trinajstić information content (AvgIpc) is 2.48. The Morgan fingerprint density at radius 3 is 2.17 bits per heavy atom. The summed E-state index contributed by atoms with van der Waals surface area (Å²) in [5.41, 5.74) is 1.56. The highest BCUT2D eigenvalue weighted by atomic mass is 31.2. The van der Waals surface area contributed by atoms with Crippen molar-refractivity contribution >= 4 is 7.82 Å². The molecule has 4 bridgehead atoms. The van der Waals surface area contributed by atoms with Crippen LogP contribution in [0.2, 0.25) is 0 Å². The first-order valence-electron chi connectivity index (χ1n) is 9.44. The van der Waals surface area contributed by atoms with Crippen LogP contribution < -0.4 is 0 Å². The summed E-state index contributed by atoms with van der Waals surface area (Å²) in [7, 11) is -2.63. The van der Waals surface area contributed by atoms with E-state index in [1.807, 2.05) is 0 Å². The Labute approximate surface area is 144 Å². The number of hydrogen-bond donors (Lipinski definition) is 2. The standard InChI is InChI=1S/C18H29O5P/c1-22-18(13-3-2-4-16(10-13)23-24(19,20)21)17-14-6-11-5-12(8-14)9-15(17)7-11/h11-16H,2-10H2,1H3,(H2,19,20,21). The molecule has 5 fully saturated rings. The summed E-state index contributed by atoms with van der Waals surface area (Å²) in [6.07, 6.45) is 9.76. The Morgan fingerprint density at radius 1 is 1.00 bits per heavy atom. The second-order valence-corrected chi connectivity index (χ2v) is 9.60. The molecule has 5 nitrogen and oxygen atoms in total. The Balaban J connectivity index is 1.55. The van der Waals surface area contributed by atoms with Gasteiger partial charge in [0.25, 0.3) is 0 Å². The molecule has 2 atom stereocenters. The van der Waals surface area contributed by atoms with Crippen LogP contribution in [0.5, 0.6) is 0 Å². The van der Waals surface area contributed by atoms with Gasteiger partial charge >= 0.3 is 7.82 Å². The zero-order valence-corrected chi connectivity index (χ0v) is 15.3. The third-order valence-electron chi connectivity index (χ3n) is 6.81. The van der Waals surface area contributed by atoms with Crippen molar-refractivity contribution in [1.29, 1.82) is 0 Å². The second kappa shape index (κ2) is 6.42. The van der Waals surface area contributed by atoms with Gasteiger partial charge < -0.3 is 14.5 Å². The van der Waals surface area contributed by atoms with E-state index in [2.05, 4.69) is 0 Å².